The third kappa shape index (κ3) is 3.39. The molecule has 2 aliphatic rings. The Labute approximate surface area is 114 Å². The van der Waals surface area contributed by atoms with Crippen LogP contribution in [0.2, 0.25) is 0 Å². The molecule has 19 heavy (non-hydrogen) atoms. The Hall–Kier alpha value is -1.26. The minimum Gasteiger partial charge on any atom is -0.481 e. The first kappa shape index (κ1) is 14.2. The smallest absolute Gasteiger partial charge is 0.315 e. The second-order valence-electron chi connectivity index (χ2n) is 6.39. The number of carbonyl (C=O) groups excluding carboxylic acids is 1. The summed E-state index contributed by atoms with van der Waals surface area (Å²) >= 11 is 0. The highest BCUT2D eigenvalue weighted by atomic mass is 16.4. The van der Waals surface area contributed by atoms with Crippen molar-refractivity contribution < 1.29 is 14.7 Å². The average Bonchev–Trinajstić information content (AvgIpc) is 3.00. The van der Waals surface area contributed by atoms with Gasteiger partial charge in [0.25, 0.3) is 0 Å². The maximum atomic E-state index is 11.8. The van der Waals surface area contributed by atoms with Crippen LogP contribution >= 0.6 is 0 Å². The van der Waals surface area contributed by atoms with Crippen LogP contribution in [0.3, 0.4) is 0 Å². The van der Waals surface area contributed by atoms with Gasteiger partial charge in [0.2, 0.25) is 0 Å². The van der Waals surface area contributed by atoms with Crippen molar-refractivity contribution in [1.82, 2.24) is 10.6 Å². The number of aliphatic carboxylic acids is 1. The minimum absolute atomic E-state index is 0.00954. The van der Waals surface area contributed by atoms with E-state index in [1.807, 2.05) is 0 Å². The number of carbonyl (C=O) groups is 2. The normalized spacial score (nSPS) is 28.2. The standard InChI is InChI=1S/C14H24N2O3/c1-9(2)14(5-6-14)8-15-13(19)16-11-4-3-10(7-11)12(17)18/h9-11H,3-8H2,1-2H3,(H,17,18)(H2,15,16,19)/t10-,11+/m1/s1. The van der Waals surface area contributed by atoms with Gasteiger partial charge in [-0.1, -0.05) is 13.8 Å². The van der Waals surface area contributed by atoms with Crippen LogP contribution in [-0.2, 0) is 4.79 Å². The van der Waals surface area contributed by atoms with E-state index in [4.69, 9.17) is 5.11 Å². The molecule has 3 N–H and O–H groups in total. The van der Waals surface area contributed by atoms with Crippen molar-refractivity contribution in [3.8, 4) is 0 Å². The number of hydrogen-bond acceptors (Lipinski definition) is 2. The largest absolute Gasteiger partial charge is 0.481 e. The van der Waals surface area contributed by atoms with E-state index in [0.717, 1.165) is 13.0 Å². The molecule has 0 radical (unpaired) electrons. The van der Waals surface area contributed by atoms with Crippen LogP contribution in [-0.4, -0.2) is 29.7 Å². The van der Waals surface area contributed by atoms with Gasteiger partial charge in [-0.25, -0.2) is 4.79 Å². The van der Waals surface area contributed by atoms with Crippen molar-refractivity contribution in [3.63, 3.8) is 0 Å². The summed E-state index contributed by atoms with van der Waals surface area (Å²) in [5.41, 5.74) is 0.302. The molecule has 0 aromatic heterocycles. The highest BCUT2D eigenvalue weighted by molar-refractivity contribution is 5.75. The number of amides is 2. The van der Waals surface area contributed by atoms with E-state index in [0.29, 0.717) is 24.2 Å². The molecule has 2 atom stereocenters. The fourth-order valence-electron chi connectivity index (χ4n) is 2.95. The maximum Gasteiger partial charge on any atom is 0.315 e. The average molecular weight is 268 g/mol. The van der Waals surface area contributed by atoms with Crippen LogP contribution in [0.4, 0.5) is 4.79 Å². The van der Waals surface area contributed by atoms with Gasteiger partial charge in [0.05, 0.1) is 5.92 Å². The Balaban J connectivity index is 1.69. The Morgan fingerprint density at radius 2 is 2.00 bits per heavy atom. The molecule has 0 unspecified atom stereocenters. The van der Waals surface area contributed by atoms with E-state index in [1.165, 1.54) is 12.8 Å². The summed E-state index contributed by atoms with van der Waals surface area (Å²) in [6.45, 7) is 5.12. The first-order valence-electron chi connectivity index (χ1n) is 7.20. The summed E-state index contributed by atoms with van der Waals surface area (Å²) in [6.07, 6.45) is 4.36. The zero-order valence-electron chi connectivity index (χ0n) is 11.7. The molecule has 0 spiro atoms. The van der Waals surface area contributed by atoms with Crippen molar-refractivity contribution in [1.29, 1.82) is 0 Å². The monoisotopic (exact) mass is 268 g/mol. The Morgan fingerprint density at radius 3 is 2.47 bits per heavy atom. The summed E-state index contributed by atoms with van der Waals surface area (Å²) in [7, 11) is 0. The molecule has 5 nitrogen and oxygen atoms in total. The number of rotatable bonds is 5. The molecular weight excluding hydrogens is 244 g/mol. The second kappa shape index (κ2) is 5.39. The van der Waals surface area contributed by atoms with Gasteiger partial charge in [0.1, 0.15) is 0 Å². The van der Waals surface area contributed by atoms with Gasteiger partial charge >= 0.3 is 12.0 Å². The molecule has 0 heterocycles. The fraction of sp³-hybridized carbons (Fsp3) is 0.857. The van der Waals surface area contributed by atoms with Crippen LogP contribution in [0.1, 0.15) is 46.0 Å². The Kier molecular flexibility index (Phi) is 4.02. The molecule has 5 heteroatoms. The van der Waals surface area contributed by atoms with Gasteiger partial charge in [-0.15, -0.1) is 0 Å². The lowest BCUT2D eigenvalue weighted by molar-refractivity contribution is -0.141. The molecule has 0 bridgehead atoms. The van der Waals surface area contributed by atoms with E-state index >= 15 is 0 Å². The molecule has 108 valence electrons. The van der Waals surface area contributed by atoms with Crippen molar-refractivity contribution in [2.45, 2.75) is 52.0 Å². The molecule has 2 amide bonds. The molecule has 2 rings (SSSR count). The van der Waals surface area contributed by atoms with Crippen molar-refractivity contribution >= 4 is 12.0 Å². The van der Waals surface area contributed by atoms with Crippen LogP contribution in [0.5, 0.6) is 0 Å². The van der Waals surface area contributed by atoms with E-state index in [-0.39, 0.29) is 18.0 Å². The van der Waals surface area contributed by atoms with Crippen LogP contribution in [0, 0.1) is 17.3 Å². The lowest BCUT2D eigenvalue weighted by atomic mass is 9.92. The number of carboxylic acids is 1. The molecule has 2 saturated carbocycles. The molecule has 0 saturated heterocycles. The molecule has 0 aromatic rings. The number of hydrogen-bond donors (Lipinski definition) is 3. The van der Waals surface area contributed by atoms with Gasteiger partial charge in [0, 0.05) is 12.6 Å². The highest BCUT2D eigenvalue weighted by Gasteiger charge is 2.45. The van der Waals surface area contributed by atoms with Crippen molar-refractivity contribution in [2.24, 2.45) is 17.3 Å². The van der Waals surface area contributed by atoms with Gasteiger partial charge in [-0.3, -0.25) is 4.79 Å². The van der Waals surface area contributed by atoms with Crippen LogP contribution in [0.15, 0.2) is 0 Å². The number of carboxylic acid groups (broad SMARTS) is 1. The lowest BCUT2D eigenvalue weighted by Gasteiger charge is -2.21. The van der Waals surface area contributed by atoms with Gasteiger partial charge in [-0.05, 0) is 43.4 Å². The summed E-state index contributed by atoms with van der Waals surface area (Å²) in [4.78, 5) is 22.6. The first-order chi connectivity index (χ1) is 8.93. The first-order valence-corrected chi connectivity index (χ1v) is 7.20. The van der Waals surface area contributed by atoms with Crippen LogP contribution in [0.25, 0.3) is 0 Å². The van der Waals surface area contributed by atoms with E-state index < -0.39 is 5.97 Å². The third-order valence-electron chi connectivity index (χ3n) is 4.84. The summed E-state index contributed by atoms with van der Waals surface area (Å²) in [5, 5.41) is 14.7. The van der Waals surface area contributed by atoms with Crippen molar-refractivity contribution in [3.05, 3.63) is 0 Å². The maximum absolute atomic E-state index is 11.8. The molecule has 0 aromatic carbocycles. The highest BCUT2D eigenvalue weighted by Crippen LogP contribution is 2.51. The Morgan fingerprint density at radius 1 is 1.32 bits per heavy atom. The summed E-state index contributed by atoms with van der Waals surface area (Å²) < 4.78 is 0. The number of nitrogens with one attached hydrogen (secondary N) is 2. The Bertz CT molecular complexity index is 364. The lowest BCUT2D eigenvalue weighted by Crippen LogP contribution is -2.43. The molecule has 2 fully saturated rings. The second-order valence-corrected chi connectivity index (χ2v) is 6.39. The molecule has 2 aliphatic carbocycles. The van der Waals surface area contributed by atoms with E-state index in [1.54, 1.807) is 0 Å². The SMILES string of the molecule is CC(C)C1(CNC(=O)N[C@H]2CC[C@@H](C(=O)O)C2)CC1. The minimum atomic E-state index is -0.749. The molecule has 0 aliphatic heterocycles. The quantitative estimate of drug-likeness (QED) is 0.713. The molecular formula is C14H24N2O3. The number of urea groups is 1. The van der Waals surface area contributed by atoms with Gasteiger partial charge in [-0.2, -0.15) is 0 Å². The van der Waals surface area contributed by atoms with Gasteiger partial charge in [0.15, 0.2) is 0 Å². The summed E-state index contributed by atoms with van der Waals surface area (Å²) in [5.74, 6) is -0.451. The zero-order chi connectivity index (χ0) is 14.0. The topological polar surface area (TPSA) is 78.4 Å². The third-order valence-corrected chi connectivity index (χ3v) is 4.84. The summed E-state index contributed by atoms with van der Waals surface area (Å²) in [6, 6.07) is -0.140. The van der Waals surface area contributed by atoms with Crippen LogP contribution < -0.4 is 10.6 Å². The predicted molar refractivity (Wildman–Crippen MR) is 71.8 cm³/mol. The fourth-order valence-corrected chi connectivity index (χ4v) is 2.95. The van der Waals surface area contributed by atoms with Crippen molar-refractivity contribution in [2.75, 3.05) is 6.54 Å². The zero-order valence-corrected chi connectivity index (χ0v) is 11.7. The van der Waals surface area contributed by atoms with E-state index in [2.05, 4.69) is 24.5 Å². The van der Waals surface area contributed by atoms with E-state index in [9.17, 15) is 9.59 Å². The van der Waals surface area contributed by atoms with Gasteiger partial charge < -0.3 is 15.7 Å². The predicted octanol–water partition coefficient (Wildman–Crippen LogP) is 1.98.